The van der Waals surface area contributed by atoms with Crippen LogP contribution in [0.3, 0.4) is 0 Å². The van der Waals surface area contributed by atoms with Gasteiger partial charge in [-0.15, -0.1) is 11.6 Å². The van der Waals surface area contributed by atoms with E-state index in [1.807, 2.05) is 19.6 Å². The molecule has 0 amide bonds. The van der Waals surface area contributed by atoms with Gasteiger partial charge >= 0.3 is 0 Å². The van der Waals surface area contributed by atoms with E-state index in [1.54, 1.807) is 0 Å². The van der Waals surface area contributed by atoms with Crippen molar-refractivity contribution in [1.29, 1.82) is 0 Å². The van der Waals surface area contributed by atoms with Crippen LogP contribution < -0.4 is 0 Å². The predicted octanol–water partition coefficient (Wildman–Crippen LogP) is 3.16. The summed E-state index contributed by atoms with van der Waals surface area (Å²) in [5, 5.41) is 0. The van der Waals surface area contributed by atoms with Gasteiger partial charge < -0.3 is 4.43 Å². The molecule has 13 heavy (non-hydrogen) atoms. The molecule has 0 N–H and O–H groups in total. The number of alkyl halides is 1. The molecule has 0 aromatic carbocycles. The van der Waals surface area contributed by atoms with Gasteiger partial charge in [-0.1, -0.05) is 6.42 Å². The third kappa shape index (κ3) is 9.89. The molecule has 0 radical (unpaired) electrons. The average Bonchev–Trinajstić information content (AvgIpc) is 1.94. The van der Waals surface area contributed by atoms with E-state index in [2.05, 4.69) is 0 Å². The van der Waals surface area contributed by atoms with Crippen molar-refractivity contribution >= 4 is 25.9 Å². The van der Waals surface area contributed by atoms with E-state index in [0.717, 1.165) is 19.3 Å². The van der Waals surface area contributed by atoms with Crippen LogP contribution in [0.4, 0.5) is 0 Å². The lowest BCUT2D eigenvalue weighted by Crippen LogP contribution is -2.28. The lowest BCUT2D eigenvalue weighted by atomic mass is 10.2. The van der Waals surface area contributed by atoms with Crippen LogP contribution in [0.15, 0.2) is 0 Å². The summed E-state index contributed by atoms with van der Waals surface area (Å²) in [6.45, 7) is 6.05. The van der Waals surface area contributed by atoms with E-state index in [1.165, 1.54) is 0 Å². The standard InChI is InChI=1S/C9H19ClO2Si/c1-13(2,3)12-9(11)7-5-4-6-8-10/h4-8H2,1-3H3. The number of hydrogen-bond donors (Lipinski definition) is 0. The fourth-order valence-electron chi connectivity index (χ4n) is 0.933. The molecule has 0 fully saturated rings. The molecule has 0 saturated heterocycles. The van der Waals surface area contributed by atoms with Crippen LogP contribution in [0.5, 0.6) is 0 Å². The van der Waals surface area contributed by atoms with Crippen molar-refractivity contribution in [1.82, 2.24) is 0 Å². The Kier molecular flexibility index (Phi) is 6.42. The molecule has 2 nitrogen and oxygen atoms in total. The molecule has 0 aliphatic heterocycles. The van der Waals surface area contributed by atoms with E-state index in [9.17, 15) is 4.79 Å². The van der Waals surface area contributed by atoms with E-state index in [4.69, 9.17) is 16.0 Å². The topological polar surface area (TPSA) is 26.3 Å². The fraction of sp³-hybridized carbons (Fsp3) is 0.889. The van der Waals surface area contributed by atoms with Gasteiger partial charge in [0, 0.05) is 12.3 Å². The van der Waals surface area contributed by atoms with Crippen molar-refractivity contribution in [3.63, 3.8) is 0 Å². The Morgan fingerprint density at radius 1 is 1.23 bits per heavy atom. The molecule has 78 valence electrons. The molecule has 0 spiro atoms. The van der Waals surface area contributed by atoms with Gasteiger partial charge in [0.2, 0.25) is 8.32 Å². The molecule has 0 unspecified atom stereocenters. The zero-order chi connectivity index (χ0) is 10.3. The second-order valence-corrected chi connectivity index (χ2v) is 8.89. The zero-order valence-electron chi connectivity index (χ0n) is 8.73. The van der Waals surface area contributed by atoms with Crippen LogP contribution in [0, 0.1) is 0 Å². The van der Waals surface area contributed by atoms with Crippen LogP contribution in [0.25, 0.3) is 0 Å². The smallest absolute Gasteiger partial charge is 0.292 e. The number of carbonyl (C=O) groups is 1. The Labute approximate surface area is 86.7 Å². The van der Waals surface area contributed by atoms with E-state index >= 15 is 0 Å². The van der Waals surface area contributed by atoms with Gasteiger partial charge in [-0.05, 0) is 32.5 Å². The van der Waals surface area contributed by atoms with Crippen LogP contribution >= 0.6 is 11.6 Å². The van der Waals surface area contributed by atoms with Crippen molar-refractivity contribution in [3.05, 3.63) is 0 Å². The van der Waals surface area contributed by atoms with Crippen molar-refractivity contribution in [2.75, 3.05) is 5.88 Å². The highest BCUT2D eigenvalue weighted by molar-refractivity contribution is 6.71. The first-order chi connectivity index (χ1) is 5.95. The summed E-state index contributed by atoms with van der Waals surface area (Å²) < 4.78 is 5.28. The first-order valence-electron chi connectivity index (χ1n) is 4.73. The molecule has 0 saturated carbocycles. The molecule has 0 aromatic rings. The number of unbranched alkanes of at least 4 members (excludes halogenated alkanes) is 2. The number of hydrogen-bond acceptors (Lipinski definition) is 2. The van der Waals surface area contributed by atoms with Crippen molar-refractivity contribution in [2.24, 2.45) is 0 Å². The lowest BCUT2D eigenvalue weighted by Gasteiger charge is -2.16. The predicted molar refractivity (Wildman–Crippen MR) is 58.6 cm³/mol. The van der Waals surface area contributed by atoms with E-state index in [-0.39, 0.29) is 5.97 Å². The summed E-state index contributed by atoms with van der Waals surface area (Å²) in [4.78, 5) is 11.2. The van der Waals surface area contributed by atoms with Crippen molar-refractivity contribution < 1.29 is 9.22 Å². The largest absolute Gasteiger partial charge is 0.520 e. The summed E-state index contributed by atoms with van der Waals surface area (Å²) in [6, 6.07) is 0. The Morgan fingerprint density at radius 2 is 1.85 bits per heavy atom. The molecule has 0 aliphatic carbocycles. The monoisotopic (exact) mass is 222 g/mol. The summed E-state index contributed by atoms with van der Waals surface area (Å²) in [6.07, 6.45) is 3.45. The molecule has 0 atom stereocenters. The molecular formula is C9H19ClO2Si. The van der Waals surface area contributed by atoms with Gasteiger partial charge in [0.1, 0.15) is 0 Å². The maximum Gasteiger partial charge on any atom is 0.292 e. The third-order valence-electron chi connectivity index (χ3n) is 1.43. The molecule has 0 rings (SSSR count). The van der Waals surface area contributed by atoms with Gasteiger partial charge in [0.05, 0.1) is 0 Å². The average molecular weight is 223 g/mol. The van der Waals surface area contributed by atoms with Crippen molar-refractivity contribution in [3.8, 4) is 0 Å². The second kappa shape index (κ2) is 6.43. The van der Waals surface area contributed by atoms with Gasteiger partial charge in [-0.25, -0.2) is 0 Å². The Morgan fingerprint density at radius 3 is 2.31 bits per heavy atom. The van der Waals surface area contributed by atoms with Gasteiger partial charge in [-0.2, -0.15) is 0 Å². The highest BCUT2D eigenvalue weighted by Gasteiger charge is 2.19. The number of halogens is 1. The highest BCUT2D eigenvalue weighted by Crippen LogP contribution is 2.07. The molecule has 0 aromatic heterocycles. The SMILES string of the molecule is C[Si](C)(C)OC(=O)CCCCCCl. The van der Waals surface area contributed by atoms with Crippen LogP contribution in [0.2, 0.25) is 19.6 Å². The second-order valence-electron chi connectivity index (χ2n) is 4.09. The molecule has 4 heteroatoms. The lowest BCUT2D eigenvalue weighted by molar-refractivity contribution is -0.135. The highest BCUT2D eigenvalue weighted by atomic mass is 35.5. The summed E-state index contributed by atoms with van der Waals surface area (Å²) in [7, 11) is -1.66. The fourth-order valence-corrected chi connectivity index (χ4v) is 1.91. The first-order valence-corrected chi connectivity index (χ1v) is 8.68. The molecule has 0 bridgehead atoms. The molecular weight excluding hydrogens is 204 g/mol. The van der Waals surface area contributed by atoms with E-state index < -0.39 is 8.32 Å². The molecule has 0 aliphatic rings. The van der Waals surface area contributed by atoms with Crippen LogP contribution in [-0.4, -0.2) is 20.2 Å². The minimum absolute atomic E-state index is 0.0475. The Bertz CT molecular complexity index is 154. The quantitative estimate of drug-likeness (QED) is 0.392. The summed E-state index contributed by atoms with van der Waals surface area (Å²) in [5.74, 6) is 0.636. The minimum Gasteiger partial charge on any atom is -0.520 e. The maximum atomic E-state index is 11.2. The minimum atomic E-state index is -1.66. The molecule has 0 heterocycles. The van der Waals surface area contributed by atoms with Crippen LogP contribution in [0.1, 0.15) is 25.7 Å². The van der Waals surface area contributed by atoms with E-state index in [0.29, 0.717) is 12.3 Å². The van der Waals surface area contributed by atoms with Crippen molar-refractivity contribution in [2.45, 2.75) is 45.3 Å². The zero-order valence-corrected chi connectivity index (χ0v) is 10.5. The Hall–Kier alpha value is -0.0231. The normalized spacial score (nSPS) is 11.4. The summed E-state index contributed by atoms with van der Waals surface area (Å²) >= 11 is 5.51. The van der Waals surface area contributed by atoms with Crippen LogP contribution in [-0.2, 0) is 9.22 Å². The van der Waals surface area contributed by atoms with Gasteiger partial charge in [0.25, 0.3) is 5.97 Å². The number of rotatable bonds is 6. The first kappa shape index (κ1) is 13.0. The van der Waals surface area contributed by atoms with Gasteiger partial charge in [0.15, 0.2) is 0 Å². The van der Waals surface area contributed by atoms with Gasteiger partial charge in [-0.3, -0.25) is 4.79 Å². The number of carbonyl (C=O) groups excluding carboxylic acids is 1. The Balaban J connectivity index is 3.41. The maximum absolute atomic E-state index is 11.2. The summed E-state index contributed by atoms with van der Waals surface area (Å²) in [5.41, 5.74) is 0. The third-order valence-corrected chi connectivity index (χ3v) is 2.54.